The number of benzene rings is 1. The fraction of sp³-hybridized carbons (Fsp3) is 0. The number of nitrogens with two attached hydrogens (primary N) is 1. The molecule has 0 bridgehead atoms. The molecule has 66 valence electrons. The van der Waals surface area contributed by atoms with E-state index in [1.165, 1.54) is 6.20 Å². The smallest absolute Gasteiger partial charge is 0.415 e. The van der Waals surface area contributed by atoms with Crippen LogP contribution in [0.4, 0.5) is 10.5 Å². The summed E-state index contributed by atoms with van der Waals surface area (Å²) in [6.45, 7) is 0. The Bertz CT molecular complexity index is 473. The summed E-state index contributed by atoms with van der Waals surface area (Å²) in [5, 5.41) is 9.61. The van der Waals surface area contributed by atoms with E-state index in [0.29, 0.717) is 11.2 Å². The number of rotatable bonds is 0. The van der Waals surface area contributed by atoms with Gasteiger partial charge in [0.1, 0.15) is 0 Å². The second-order valence-corrected chi connectivity index (χ2v) is 2.79. The summed E-state index contributed by atoms with van der Waals surface area (Å²) < 4.78 is 1.16. The fourth-order valence-electron chi connectivity index (χ4n) is 1.33. The van der Waals surface area contributed by atoms with Crippen LogP contribution in [0.2, 0.25) is 0 Å². The molecule has 2 aromatic rings. The Morgan fingerprint density at radius 3 is 2.85 bits per heavy atom. The van der Waals surface area contributed by atoms with Gasteiger partial charge in [-0.05, 0) is 24.3 Å². The van der Waals surface area contributed by atoms with Gasteiger partial charge in [-0.3, -0.25) is 4.57 Å². The largest absolute Gasteiger partial charge is 0.464 e. The fourth-order valence-corrected chi connectivity index (χ4v) is 1.33. The van der Waals surface area contributed by atoms with Gasteiger partial charge in [-0.1, -0.05) is 0 Å². The zero-order valence-electron chi connectivity index (χ0n) is 6.77. The zero-order valence-corrected chi connectivity index (χ0v) is 6.77. The van der Waals surface area contributed by atoms with Gasteiger partial charge in [0, 0.05) is 17.3 Å². The van der Waals surface area contributed by atoms with Crippen molar-refractivity contribution in [3.8, 4) is 0 Å². The molecule has 4 nitrogen and oxygen atoms in total. The number of aromatic nitrogens is 1. The number of hydrogen-bond acceptors (Lipinski definition) is 2. The number of carbonyl (C=O) groups is 1. The summed E-state index contributed by atoms with van der Waals surface area (Å²) in [5.41, 5.74) is 6.84. The van der Waals surface area contributed by atoms with Gasteiger partial charge in [0.2, 0.25) is 0 Å². The van der Waals surface area contributed by atoms with Crippen molar-refractivity contribution in [3.63, 3.8) is 0 Å². The summed E-state index contributed by atoms with van der Waals surface area (Å²) in [6, 6.07) is 6.84. The first-order chi connectivity index (χ1) is 6.18. The summed E-state index contributed by atoms with van der Waals surface area (Å²) in [4.78, 5) is 10.7. The number of fused-ring (bicyclic) bond motifs is 1. The first kappa shape index (κ1) is 7.67. The SMILES string of the molecule is Nc1ccc2c(ccn2C(=O)O)c1. The molecule has 2 rings (SSSR count). The number of nitrogen functional groups attached to an aromatic ring is 1. The second-order valence-electron chi connectivity index (χ2n) is 2.79. The predicted octanol–water partition coefficient (Wildman–Crippen LogP) is 1.75. The van der Waals surface area contributed by atoms with Gasteiger partial charge < -0.3 is 10.8 Å². The average Bonchev–Trinajstić information content (AvgIpc) is 2.46. The molecule has 4 heteroatoms. The van der Waals surface area contributed by atoms with Gasteiger partial charge in [0.05, 0.1) is 5.52 Å². The van der Waals surface area contributed by atoms with Gasteiger partial charge in [-0.2, -0.15) is 0 Å². The Morgan fingerprint density at radius 1 is 1.38 bits per heavy atom. The lowest BCUT2D eigenvalue weighted by Gasteiger charge is -1.97. The van der Waals surface area contributed by atoms with Crippen molar-refractivity contribution in [1.82, 2.24) is 4.57 Å². The van der Waals surface area contributed by atoms with Crippen molar-refractivity contribution < 1.29 is 9.90 Å². The summed E-state index contributed by atoms with van der Waals surface area (Å²) in [5.74, 6) is 0. The monoisotopic (exact) mass is 176 g/mol. The highest BCUT2D eigenvalue weighted by molar-refractivity contribution is 5.90. The van der Waals surface area contributed by atoms with E-state index in [0.717, 1.165) is 9.95 Å². The van der Waals surface area contributed by atoms with Crippen molar-refractivity contribution in [3.05, 3.63) is 30.5 Å². The van der Waals surface area contributed by atoms with Gasteiger partial charge in [-0.25, -0.2) is 4.79 Å². The first-order valence-corrected chi connectivity index (χ1v) is 3.78. The van der Waals surface area contributed by atoms with Crippen LogP contribution in [-0.4, -0.2) is 15.8 Å². The molecular weight excluding hydrogens is 168 g/mol. The summed E-state index contributed by atoms with van der Waals surface area (Å²) >= 11 is 0. The van der Waals surface area contributed by atoms with E-state index in [2.05, 4.69) is 0 Å². The molecule has 3 N–H and O–H groups in total. The molecule has 0 atom stereocenters. The Kier molecular flexibility index (Phi) is 1.48. The average molecular weight is 176 g/mol. The maximum absolute atomic E-state index is 10.7. The van der Waals surface area contributed by atoms with Crippen molar-refractivity contribution in [2.45, 2.75) is 0 Å². The molecular formula is C9H8N2O2. The van der Waals surface area contributed by atoms with Gasteiger partial charge >= 0.3 is 6.09 Å². The number of anilines is 1. The minimum atomic E-state index is -0.986. The van der Waals surface area contributed by atoms with Crippen LogP contribution in [0.3, 0.4) is 0 Å². The molecule has 0 radical (unpaired) electrons. The van der Waals surface area contributed by atoms with Gasteiger partial charge in [0.15, 0.2) is 0 Å². The number of nitrogens with zero attached hydrogens (tertiary/aromatic N) is 1. The zero-order chi connectivity index (χ0) is 9.42. The van der Waals surface area contributed by atoms with E-state index in [1.807, 2.05) is 0 Å². The summed E-state index contributed by atoms with van der Waals surface area (Å²) in [6.07, 6.45) is 0.520. The van der Waals surface area contributed by atoms with Crippen LogP contribution in [0.5, 0.6) is 0 Å². The lowest BCUT2D eigenvalue weighted by atomic mass is 10.2. The van der Waals surface area contributed by atoms with Crippen molar-refractivity contribution in [2.75, 3.05) is 5.73 Å². The van der Waals surface area contributed by atoms with E-state index >= 15 is 0 Å². The van der Waals surface area contributed by atoms with E-state index < -0.39 is 6.09 Å². The molecule has 0 aliphatic carbocycles. The number of carboxylic acid groups (broad SMARTS) is 1. The van der Waals surface area contributed by atoms with Gasteiger partial charge in [-0.15, -0.1) is 0 Å². The molecule has 1 aromatic carbocycles. The van der Waals surface area contributed by atoms with Crippen LogP contribution < -0.4 is 5.73 Å². The molecule has 0 saturated carbocycles. The Labute approximate surface area is 74.2 Å². The van der Waals surface area contributed by atoms with Crippen LogP contribution in [0.25, 0.3) is 10.9 Å². The normalized spacial score (nSPS) is 10.5. The quantitative estimate of drug-likeness (QED) is 0.601. The maximum Gasteiger partial charge on any atom is 0.415 e. The molecule has 0 spiro atoms. The van der Waals surface area contributed by atoms with Crippen molar-refractivity contribution >= 4 is 22.7 Å². The van der Waals surface area contributed by atoms with E-state index in [-0.39, 0.29) is 0 Å². The molecule has 0 unspecified atom stereocenters. The third-order valence-corrected chi connectivity index (χ3v) is 1.92. The highest BCUT2D eigenvalue weighted by atomic mass is 16.4. The second kappa shape index (κ2) is 2.52. The maximum atomic E-state index is 10.7. The van der Waals surface area contributed by atoms with Crippen LogP contribution >= 0.6 is 0 Å². The van der Waals surface area contributed by atoms with E-state index in [9.17, 15) is 4.79 Å². The van der Waals surface area contributed by atoms with Crippen molar-refractivity contribution in [2.24, 2.45) is 0 Å². The lowest BCUT2D eigenvalue weighted by molar-refractivity contribution is 0.197. The highest BCUT2D eigenvalue weighted by Crippen LogP contribution is 2.18. The van der Waals surface area contributed by atoms with Crippen molar-refractivity contribution in [1.29, 1.82) is 0 Å². The predicted molar refractivity (Wildman–Crippen MR) is 49.8 cm³/mol. The standard InChI is InChI=1S/C9H8N2O2/c10-7-1-2-8-6(5-7)3-4-11(8)9(12)13/h1-5H,10H2,(H,12,13). The molecule has 0 amide bonds. The molecule has 0 fully saturated rings. The third kappa shape index (κ3) is 1.12. The topological polar surface area (TPSA) is 68.2 Å². The summed E-state index contributed by atoms with van der Waals surface area (Å²) in [7, 11) is 0. The van der Waals surface area contributed by atoms with Gasteiger partial charge in [0.25, 0.3) is 0 Å². The van der Waals surface area contributed by atoms with Crippen LogP contribution in [0, 0.1) is 0 Å². The van der Waals surface area contributed by atoms with Crippen LogP contribution in [0.1, 0.15) is 0 Å². The first-order valence-electron chi connectivity index (χ1n) is 3.78. The minimum absolute atomic E-state index is 0.635. The Balaban J connectivity index is 2.76. The molecule has 0 saturated heterocycles. The third-order valence-electron chi connectivity index (χ3n) is 1.92. The minimum Gasteiger partial charge on any atom is -0.464 e. The Morgan fingerprint density at radius 2 is 2.15 bits per heavy atom. The Hall–Kier alpha value is -1.97. The lowest BCUT2D eigenvalue weighted by Crippen LogP contribution is -2.05. The highest BCUT2D eigenvalue weighted by Gasteiger charge is 2.05. The van der Waals surface area contributed by atoms with E-state index in [4.69, 9.17) is 10.8 Å². The van der Waals surface area contributed by atoms with E-state index in [1.54, 1.807) is 24.3 Å². The molecule has 1 heterocycles. The molecule has 0 aliphatic heterocycles. The van der Waals surface area contributed by atoms with Crippen LogP contribution in [0.15, 0.2) is 30.5 Å². The molecule has 1 aromatic heterocycles. The molecule has 0 aliphatic rings. The number of hydrogen-bond donors (Lipinski definition) is 2. The molecule has 13 heavy (non-hydrogen) atoms. The van der Waals surface area contributed by atoms with Crippen LogP contribution in [-0.2, 0) is 0 Å².